The van der Waals surface area contributed by atoms with Crippen LogP contribution in [-0.2, 0) is 6.42 Å². The Kier molecular flexibility index (Phi) is 4.97. The zero-order chi connectivity index (χ0) is 12.8. The molecule has 1 rings (SSSR count). The topological polar surface area (TPSA) is 62.3 Å². The smallest absolute Gasteiger partial charge is 0.122 e. The van der Waals surface area contributed by atoms with E-state index in [0.29, 0.717) is 12.6 Å². The molecule has 0 radical (unpaired) electrons. The first-order valence-corrected chi connectivity index (χ1v) is 5.69. The largest absolute Gasteiger partial charge is 0.496 e. The van der Waals surface area contributed by atoms with E-state index in [-0.39, 0.29) is 5.84 Å². The minimum atomic E-state index is 0.194. The van der Waals surface area contributed by atoms with Crippen LogP contribution in [-0.4, -0.2) is 37.5 Å². The van der Waals surface area contributed by atoms with Crippen LogP contribution in [0.25, 0.3) is 0 Å². The molecule has 0 saturated carbocycles. The summed E-state index contributed by atoms with van der Waals surface area (Å²) in [6, 6.07) is 8.32. The van der Waals surface area contributed by atoms with Crippen molar-refractivity contribution in [1.29, 1.82) is 5.41 Å². The van der Waals surface area contributed by atoms with Gasteiger partial charge in [-0.1, -0.05) is 18.2 Å². The number of methoxy groups -OCH3 is 1. The van der Waals surface area contributed by atoms with Crippen molar-refractivity contribution in [2.75, 3.05) is 20.7 Å². The van der Waals surface area contributed by atoms with Gasteiger partial charge in [0.15, 0.2) is 0 Å². The highest BCUT2D eigenvalue weighted by Gasteiger charge is 2.12. The highest BCUT2D eigenvalue weighted by Crippen LogP contribution is 2.19. The molecule has 0 saturated heterocycles. The molecule has 0 aromatic heterocycles. The second-order valence-electron chi connectivity index (χ2n) is 4.31. The van der Waals surface area contributed by atoms with E-state index < -0.39 is 0 Å². The lowest BCUT2D eigenvalue weighted by atomic mass is 10.1. The van der Waals surface area contributed by atoms with E-state index >= 15 is 0 Å². The van der Waals surface area contributed by atoms with Gasteiger partial charge >= 0.3 is 0 Å². The third-order valence-electron chi connectivity index (χ3n) is 2.88. The first-order chi connectivity index (χ1) is 8.04. The molecule has 0 fully saturated rings. The normalized spacial score (nSPS) is 12.5. The summed E-state index contributed by atoms with van der Waals surface area (Å²) in [4.78, 5) is 2.06. The Hall–Kier alpha value is -1.55. The fourth-order valence-electron chi connectivity index (χ4n) is 1.77. The average Bonchev–Trinajstić information content (AvgIpc) is 2.28. The number of hydrogen-bond acceptors (Lipinski definition) is 3. The number of rotatable bonds is 6. The van der Waals surface area contributed by atoms with Gasteiger partial charge in [0.25, 0.3) is 0 Å². The number of amidine groups is 1. The second kappa shape index (κ2) is 6.25. The number of benzene rings is 1. The van der Waals surface area contributed by atoms with Crippen molar-refractivity contribution in [3.8, 4) is 5.75 Å². The van der Waals surface area contributed by atoms with Crippen LogP contribution in [0.5, 0.6) is 5.75 Å². The summed E-state index contributed by atoms with van der Waals surface area (Å²) in [6.07, 6.45) is 0.883. The number of hydrogen-bond donors (Lipinski definition) is 2. The van der Waals surface area contributed by atoms with Gasteiger partial charge in [0.2, 0.25) is 0 Å². The number of para-hydroxylation sites is 1. The van der Waals surface area contributed by atoms with Crippen molar-refractivity contribution < 1.29 is 4.74 Å². The molecule has 3 N–H and O–H groups in total. The predicted molar refractivity (Wildman–Crippen MR) is 70.7 cm³/mol. The van der Waals surface area contributed by atoms with Crippen LogP contribution >= 0.6 is 0 Å². The minimum Gasteiger partial charge on any atom is -0.496 e. The lowest BCUT2D eigenvalue weighted by molar-refractivity contribution is 0.287. The Morgan fingerprint density at radius 1 is 1.47 bits per heavy atom. The molecule has 17 heavy (non-hydrogen) atoms. The van der Waals surface area contributed by atoms with Gasteiger partial charge in [0.1, 0.15) is 11.6 Å². The van der Waals surface area contributed by atoms with Crippen LogP contribution < -0.4 is 10.5 Å². The summed E-state index contributed by atoms with van der Waals surface area (Å²) in [7, 11) is 3.66. The molecule has 0 aliphatic carbocycles. The molecule has 0 amide bonds. The fraction of sp³-hybridized carbons (Fsp3) is 0.462. The molecule has 4 heteroatoms. The van der Waals surface area contributed by atoms with Gasteiger partial charge in [0, 0.05) is 6.04 Å². The maximum Gasteiger partial charge on any atom is 0.122 e. The monoisotopic (exact) mass is 235 g/mol. The summed E-state index contributed by atoms with van der Waals surface area (Å²) in [6.45, 7) is 2.62. The Morgan fingerprint density at radius 2 is 2.12 bits per heavy atom. The van der Waals surface area contributed by atoms with Gasteiger partial charge in [-0.2, -0.15) is 0 Å². The van der Waals surface area contributed by atoms with Crippen molar-refractivity contribution in [2.45, 2.75) is 19.4 Å². The third-order valence-corrected chi connectivity index (χ3v) is 2.88. The molecule has 0 aliphatic heterocycles. The van der Waals surface area contributed by atoms with Gasteiger partial charge < -0.3 is 10.5 Å². The van der Waals surface area contributed by atoms with E-state index in [0.717, 1.165) is 12.2 Å². The zero-order valence-electron chi connectivity index (χ0n) is 10.7. The van der Waals surface area contributed by atoms with Crippen LogP contribution in [0, 0.1) is 5.41 Å². The molecule has 0 spiro atoms. The average molecular weight is 235 g/mol. The maximum absolute atomic E-state index is 7.29. The summed E-state index contributed by atoms with van der Waals surface area (Å²) in [5, 5.41) is 7.29. The van der Waals surface area contributed by atoms with E-state index in [1.54, 1.807) is 7.11 Å². The summed E-state index contributed by atoms with van der Waals surface area (Å²) in [5.41, 5.74) is 6.58. The van der Waals surface area contributed by atoms with E-state index in [2.05, 4.69) is 17.9 Å². The van der Waals surface area contributed by atoms with Crippen LogP contribution in [0.1, 0.15) is 12.5 Å². The molecule has 1 atom stereocenters. The van der Waals surface area contributed by atoms with E-state index in [1.807, 2.05) is 25.2 Å². The van der Waals surface area contributed by atoms with Crippen molar-refractivity contribution in [3.05, 3.63) is 29.8 Å². The van der Waals surface area contributed by atoms with Crippen molar-refractivity contribution in [2.24, 2.45) is 5.73 Å². The van der Waals surface area contributed by atoms with Gasteiger partial charge in [-0.15, -0.1) is 0 Å². The Morgan fingerprint density at radius 3 is 2.71 bits per heavy atom. The highest BCUT2D eigenvalue weighted by atomic mass is 16.5. The second-order valence-corrected chi connectivity index (χ2v) is 4.31. The Bertz CT molecular complexity index is 379. The van der Waals surface area contributed by atoms with E-state index in [9.17, 15) is 0 Å². The van der Waals surface area contributed by atoms with E-state index in [1.165, 1.54) is 5.56 Å². The first kappa shape index (κ1) is 13.5. The quantitative estimate of drug-likeness (QED) is 0.580. The van der Waals surface area contributed by atoms with Gasteiger partial charge in [-0.05, 0) is 32.0 Å². The molecule has 1 aromatic carbocycles. The number of nitrogens with one attached hydrogen (secondary N) is 1. The van der Waals surface area contributed by atoms with Gasteiger partial charge in [-0.25, -0.2) is 0 Å². The highest BCUT2D eigenvalue weighted by molar-refractivity contribution is 5.78. The van der Waals surface area contributed by atoms with Crippen molar-refractivity contribution in [3.63, 3.8) is 0 Å². The standard InChI is InChI=1S/C13H21N3O/c1-10(16(2)9-13(14)15)8-11-6-4-5-7-12(11)17-3/h4-7,10H,8-9H2,1-3H3,(H3,14,15). The molecule has 0 heterocycles. The van der Waals surface area contributed by atoms with E-state index in [4.69, 9.17) is 15.9 Å². The molecular weight excluding hydrogens is 214 g/mol. The summed E-state index contributed by atoms with van der Waals surface area (Å²) in [5.74, 6) is 1.11. The SMILES string of the molecule is COc1ccccc1CC(C)N(C)CC(=N)N. The summed E-state index contributed by atoms with van der Waals surface area (Å²) < 4.78 is 5.32. The molecule has 4 nitrogen and oxygen atoms in total. The van der Waals surface area contributed by atoms with Gasteiger partial charge in [-0.3, -0.25) is 10.3 Å². The Balaban J connectivity index is 2.66. The first-order valence-electron chi connectivity index (χ1n) is 5.69. The van der Waals surface area contributed by atoms with Crippen LogP contribution in [0.4, 0.5) is 0 Å². The van der Waals surface area contributed by atoms with Gasteiger partial charge in [0.05, 0.1) is 13.7 Å². The predicted octanol–water partition coefficient (Wildman–Crippen LogP) is 1.49. The maximum atomic E-state index is 7.29. The van der Waals surface area contributed by atoms with Crippen LogP contribution in [0.15, 0.2) is 24.3 Å². The molecule has 0 aliphatic rings. The molecule has 0 bridgehead atoms. The molecule has 1 unspecified atom stereocenters. The number of ether oxygens (including phenoxy) is 1. The number of nitrogens with zero attached hydrogens (tertiary/aromatic N) is 1. The molecule has 1 aromatic rings. The van der Waals surface area contributed by atoms with Crippen molar-refractivity contribution >= 4 is 5.84 Å². The van der Waals surface area contributed by atoms with Crippen molar-refractivity contribution in [1.82, 2.24) is 4.90 Å². The summed E-state index contributed by atoms with van der Waals surface area (Å²) >= 11 is 0. The lowest BCUT2D eigenvalue weighted by Crippen LogP contribution is -2.37. The molecule has 94 valence electrons. The zero-order valence-corrected chi connectivity index (χ0v) is 10.7. The van der Waals surface area contributed by atoms with Crippen LogP contribution in [0.2, 0.25) is 0 Å². The number of likely N-dealkylation sites (N-methyl/N-ethyl adjacent to an activating group) is 1. The fourth-order valence-corrected chi connectivity index (χ4v) is 1.77. The minimum absolute atomic E-state index is 0.194. The van der Waals surface area contributed by atoms with Crippen LogP contribution in [0.3, 0.4) is 0 Å². The Labute approximate surface area is 103 Å². The molecular formula is C13H21N3O. The lowest BCUT2D eigenvalue weighted by Gasteiger charge is -2.24. The number of nitrogens with two attached hydrogens (primary N) is 1. The third kappa shape index (κ3) is 4.07.